The molecule has 0 amide bonds. The van der Waals surface area contributed by atoms with Gasteiger partial charge in [-0.15, -0.1) is 0 Å². The molecule has 2 unspecified atom stereocenters. The van der Waals surface area contributed by atoms with Crippen molar-refractivity contribution in [2.75, 3.05) is 0 Å². The van der Waals surface area contributed by atoms with Gasteiger partial charge in [-0.1, -0.05) is 11.6 Å². The van der Waals surface area contributed by atoms with Crippen molar-refractivity contribution >= 4 is 25.1 Å². The normalized spacial score (nSPS) is 41.0. The smallest absolute Gasteiger partial charge is 0.157 e. The summed E-state index contributed by atoms with van der Waals surface area (Å²) >= 11 is 5.31. The summed E-state index contributed by atoms with van der Waals surface area (Å²) < 4.78 is 4.68. The molecule has 0 saturated carbocycles. The number of alkyl halides is 1. The molecule has 0 aromatic heterocycles. The SMILES string of the molecule is CC1OC1Cl.S. The van der Waals surface area contributed by atoms with Crippen molar-refractivity contribution in [1.29, 1.82) is 0 Å². The van der Waals surface area contributed by atoms with Gasteiger partial charge in [0.2, 0.25) is 0 Å². The maximum atomic E-state index is 5.31. The first-order valence-corrected chi connectivity index (χ1v) is 2.04. The molecule has 1 fully saturated rings. The van der Waals surface area contributed by atoms with Crippen LogP contribution >= 0.6 is 25.1 Å². The molecule has 6 heavy (non-hydrogen) atoms. The van der Waals surface area contributed by atoms with Gasteiger partial charge < -0.3 is 4.74 Å². The van der Waals surface area contributed by atoms with Gasteiger partial charge in [-0.3, -0.25) is 0 Å². The summed E-state index contributed by atoms with van der Waals surface area (Å²) in [5.74, 6) is 0. The molecule has 0 spiro atoms. The summed E-state index contributed by atoms with van der Waals surface area (Å²) in [5, 5.41) is 0. The van der Waals surface area contributed by atoms with E-state index in [4.69, 9.17) is 11.6 Å². The third-order valence-electron chi connectivity index (χ3n) is 0.637. The van der Waals surface area contributed by atoms with E-state index >= 15 is 0 Å². The lowest BCUT2D eigenvalue weighted by Crippen LogP contribution is -1.69. The first kappa shape index (κ1) is 6.60. The van der Waals surface area contributed by atoms with Gasteiger partial charge in [0.25, 0.3) is 0 Å². The zero-order valence-corrected chi connectivity index (χ0v) is 5.20. The molecular formula is C3H7ClOS. The monoisotopic (exact) mass is 126 g/mol. The Labute approximate surface area is 49.1 Å². The van der Waals surface area contributed by atoms with Crippen LogP contribution in [-0.4, -0.2) is 11.7 Å². The zero-order chi connectivity index (χ0) is 3.86. The van der Waals surface area contributed by atoms with Crippen molar-refractivity contribution in [1.82, 2.24) is 0 Å². The fourth-order valence-corrected chi connectivity index (χ4v) is 0.322. The summed E-state index contributed by atoms with van der Waals surface area (Å²) in [5.41, 5.74) is 0.0231. The lowest BCUT2D eigenvalue weighted by atomic mass is 10.6. The van der Waals surface area contributed by atoms with Crippen molar-refractivity contribution in [3.8, 4) is 0 Å². The molecule has 1 nitrogen and oxygen atoms in total. The number of hydrogen-bond acceptors (Lipinski definition) is 1. The van der Waals surface area contributed by atoms with E-state index < -0.39 is 0 Å². The Hall–Kier alpha value is 0.600. The molecule has 1 aliphatic heterocycles. The molecule has 38 valence electrons. The Morgan fingerprint density at radius 3 is 1.83 bits per heavy atom. The fourth-order valence-electron chi connectivity index (χ4n) is 0.160. The molecule has 0 radical (unpaired) electrons. The van der Waals surface area contributed by atoms with Crippen LogP contribution in [0.2, 0.25) is 0 Å². The van der Waals surface area contributed by atoms with Gasteiger partial charge in [0.15, 0.2) is 5.56 Å². The van der Waals surface area contributed by atoms with E-state index in [0.29, 0.717) is 6.10 Å². The number of rotatable bonds is 0. The second-order valence-corrected chi connectivity index (χ2v) is 1.62. The second kappa shape index (κ2) is 2.05. The van der Waals surface area contributed by atoms with Gasteiger partial charge in [0, 0.05) is 0 Å². The Kier molecular flexibility index (Phi) is 2.26. The van der Waals surface area contributed by atoms with Gasteiger partial charge in [-0.05, 0) is 6.92 Å². The van der Waals surface area contributed by atoms with Gasteiger partial charge in [0.05, 0.1) is 6.10 Å². The summed E-state index contributed by atoms with van der Waals surface area (Å²) in [6.45, 7) is 1.94. The molecule has 0 aromatic rings. The Bertz CT molecular complexity index is 44.1. The molecule has 3 heteroatoms. The molecular weight excluding hydrogens is 120 g/mol. The first-order chi connectivity index (χ1) is 2.30. The average molecular weight is 127 g/mol. The highest BCUT2D eigenvalue weighted by Crippen LogP contribution is 2.23. The Morgan fingerprint density at radius 1 is 1.67 bits per heavy atom. The second-order valence-electron chi connectivity index (χ2n) is 1.19. The van der Waals surface area contributed by atoms with E-state index in [0.717, 1.165) is 0 Å². The molecule has 0 aromatic carbocycles. The highest BCUT2D eigenvalue weighted by Gasteiger charge is 2.30. The minimum atomic E-state index is 0. The van der Waals surface area contributed by atoms with Crippen LogP contribution in [0.5, 0.6) is 0 Å². The average Bonchev–Trinajstić information content (AvgIpc) is 1.79. The third kappa shape index (κ3) is 1.37. The number of epoxide rings is 1. The van der Waals surface area contributed by atoms with Crippen LogP contribution in [0.15, 0.2) is 0 Å². The van der Waals surface area contributed by atoms with Crippen LogP contribution in [0.25, 0.3) is 0 Å². The van der Waals surface area contributed by atoms with Crippen LogP contribution in [0.1, 0.15) is 6.92 Å². The van der Waals surface area contributed by atoms with E-state index in [2.05, 4.69) is 4.74 Å². The van der Waals surface area contributed by atoms with Crippen molar-refractivity contribution < 1.29 is 4.74 Å². The van der Waals surface area contributed by atoms with E-state index in [9.17, 15) is 0 Å². The molecule has 1 aliphatic rings. The molecule has 0 N–H and O–H groups in total. The zero-order valence-electron chi connectivity index (χ0n) is 3.44. The summed E-state index contributed by atoms with van der Waals surface area (Å²) in [6, 6.07) is 0. The summed E-state index contributed by atoms with van der Waals surface area (Å²) in [6.07, 6.45) is 0.316. The van der Waals surface area contributed by atoms with Crippen molar-refractivity contribution in [3.05, 3.63) is 0 Å². The van der Waals surface area contributed by atoms with Crippen molar-refractivity contribution in [2.45, 2.75) is 18.6 Å². The molecule has 1 rings (SSSR count). The lowest BCUT2D eigenvalue weighted by molar-refractivity contribution is 0.411. The fraction of sp³-hybridized carbons (Fsp3) is 1.00. The molecule has 0 bridgehead atoms. The first-order valence-electron chi connectivity index (χ1n) is 1.60. The lowest BCUT2D eigenvalue weighted by Gasteiger charge is -1.55. The maximum Gasteiger partial charge on any atom is 0.157 e. The third-order valence-corrected chi connectivity index (χ3v) is 1.09. The van der Waals surface area contributed by atoms with Crippen molar-refractivity contribution in [3.63, 3.8) is 0 Å². The quantitative estimate of drug-likeness (QED) is 0.350. The van der Waals surface area contributed by atoms with E-state index in [1.54, 1.807) is 0 Å². The summed E-state index contributed by atoms with van der Waals surface area (Å²) in [7, 11) is 0. The number of hydrogen-bond donors (Lipinski definition) is 0. The van der Waals surface area contributed by atoms with Crippen LogP contribution in [-0.2, 0) is 4.74 Å². The molecule has 0 aliphatic carbocycles. The topological polar surface area (TPSA) is 12.5 Å². The Morgan fingerprint density at radius 2 is 1.83 bits per heavy atom. The van der Waals surface area contributed by atoms with Gasteiger partial charge in [-0.2, -0.15) is 13.5 Å². The van der Waals surface area contributed by atoms with E-state index in [-0.39, 0.29) is 19.1 Å². The molecule has 1 saturated heterocycles. The molecule has 1 heterocycles. The van der Waals surface area contributed by atoms with Crippen LogP contribution in [0, 0.1) is 0 Å². The largest absolute Gasteiger partial charge is 0.353 e. The van der Waals surface area contributed by atoms with Gasteiger partial charge in [0.1, 0.15) is 0 Å². The Balaban J connectivity index is 0.000000250. The highest BCUT2D eigenvalue weighted by atomic mass is 35.5. The minimum absolute atomic E-state index is 0. The standard InChI is InChI=1S/C3H5ClO.H2S/c1-2-3(4)5-2;/h2-3H,1H3;1H2. The summed E-state index contributed by atoms with van der Waals surface area (Å²) in [4.78, 5) is 0. The molecule has 2 atom stereocenters. The van der Waals surface area contributed by atoms with Crippen molar-refractivity contribution in [2.24, 2.45) is 0 Å². The number of ether oxygens (including phenoxy) is 1. The minimum Gasteiger partial charge on any atom is -0.353 e. The van der Waals surface area contributed by atoms with Gasteiger partial charge in [-0.25, -0.2) is 0 Å². The van der Waals surface area contributed by atoms with E-state index in [1.807, 2.05) is 6.92 Å². The van der Waals surface area contributed by atoms with Crippen LogP contribution in [0.3, 0.4) is 0 Å². The predicted octanol–water partition coefficient (Wildman–Crippen LogP) is 1.08. The number of halogens is 1. The van der Waals surface area contributed by atoms with E-state index in [1.165, 1.54) is 0 Å². The van der Waals surface area contributed by atoms with Crippen LogP contribution < -0.4 is 0 Å². The predicted molar refractivity (Wildman–Crippen MR) is 30.6 cm³/mol. The highest BCUT2D eigenvalue weighted by molar-refractivity contribution is 7.59. The van der Waals surface area contributed by atoms with Crippen LogP contribution in [0.4, 0.5) is 0 Å². The maximum absolute atomic E-state index is 5.31. The van der Waals surface area contributed by atoms with Gasteiger partial charge >= 0.3 is 0 Å².